The molecule has 0 saturated carbocycles. The van der Waals surface area contributed by atoms with E-state index >= 15 is 0 Å². The molecule has 1 atom stereocenters. The van der Waals surface area contributed by atoms with Crippen molar-refractivity contribution in [2.45, 2.75) is 37.5 Å². The Bertz CT molecular complexity index is 199. The molecule has 1 aliphatic heterocycles. The number of aliphatic hydroxyl groups excluding tert-OH is 1. The first-order chi connectivity index (χ1) is 6.59. The first-order valence-corrected chi connectivity index (χ1v) is 5.72. The van der Waals surface area contributed by atoms with Crippen LogP contribution in [0.1, 0.15) is 26.7 Å². The van der Waals surface area contributed by atoms with Gasteiger partial charge in [-0.05, 0) is 33.2 Å². The molecule has 0 amide bonds. The predicted molar refractivity (Wildman–Crippen MR) is 59.1 cm³/mol. The van der Waals surface area contributed by atoms with Crippen molar-refractivity contribution in [3.63, 3.8) is 0 Å². The summed E-state index contributed by atoms with van der Waals surface area (Å²) in [5, 5.41) is 9.13. The SMILES string of the molecule is CC(C)(CN1CCCC1CO)SN=O. The van der Waals surface area contributed by atoms with Gasteiger partial charge in [0.15, 0.2) is 0 Å². The third kappa shape index (κ3) is 3.22. The van der Waals surface area contributed by atoms with E-state index in [1.165, 1.54) is 0 Å². The largest absolute Gasteiger partial charge is 0.395 e. The minimum Gasteiger partial charge on any atom is -0.395 e. The smallest absolute Gasteiger partial charge is 0.0586 e. The highest BCUT2D eigenvalue weighted by Crippen LogP contribution is 2.29. The summed E-state index contributed by atoms with van der Waals surface area (Å²) in [4.78, 5) is 12.4. The topological polar surface area (TPSA) is 52.9 Å². The summed E-state index contributed by atoms with van der Waals surface area (Å²) in [7, 11) is 0. The van der Waals surface area contributed by atoms with Gasteiger partial charge in [0.2, 0.25) is 0 Å². The van der Waals surface area contributed by atoms with Gasteiger partial charge in [0.25, 0.3) is 0 Å². The van der Waals surface area contributed by atoms with E-state index in [1.807, 2.05) is 13.8 Å². The van der Waals surface area contributed by atoms with Crippen LogP contribution < -0.4 is 0 Å². The second-order valence-corrected chi connectivity index (χ2v) is 5.81. The number of hydrogen-bond acceptors (Lipinski definition) is 5. The van der Waals surface area contributed by atoms with Crippen LogP contribution in [0.5, 0.6) is 0 Å². The van der Waals surface area contributed by atoms with E-state index in [0.717, 1.165) is 37.9 Å². The third-order valence-electron chi connectivity index (χ3n) is 2.58. The molecular formula is C9H18N2O2S. The maximum atomic E-state index is 10.2. The molecule has 0 bridgehead atoms. The third-order valence-corrected chi connectivity index (χ3v) is 3.28. The molecule has 1 saturated heterocycles. The zero-order chi connectivity index (χ0) is 10.6. The second kappa shape index (κ2) is 5.09. The van der Waals surface area contributed by atoms with Crippen LogP contribution >= 0.6 is 11.9 Å². The molecule has 14 heavy (non-hydrogen) atoms. The lowest BCUT2D eigenvalue weighted by Gasteiger charge is -2.30. The molecule has 0 radical (unpaired) electrons. The van der Waals surface area contributed by atoms with E-state index in [2.05, 4.69) is 9.48 Å². The number of nitroso groups, excluding NO2 is 1. The monoisotopic (exact) mass is 218 g/mol. The molecular weight excluding hydrogens is 200 g/mol. The maximum Gasteiger partial charge on any atom is 0.0586 e. The summed E-state index contributed by atoms with van der Waals surface area (Å²) >= 11 is 1.08. The van der Waals surface area contributed by atoms with Crippen molar-refractivity contribution in [3.05, 3.63) is 4.91 Å². The highest BCUT2D eigenvalue weighted by molar-refractivity contribution is 7.99. The first-order valence-electron chi connectivity index (χ1n) is 4.95. The van der Waals surface area contributed by atoms with Crippen LogP contribution in [0.15, 0.2) is 4.58 Å². The summed E-state index contributed by atoms with van der Waals surface area (Å²) in [5.41, 5.74) is 0. The van der Waals surface area contributed by atoms with Crippen molar-refractivity contribution < 1.29 is 5.11 Å². The fraction of sp³-hybridized carbons (Fsp3) is 1.00. The van der Waals surface area contributed by atoms with E-state index < -0.39 is 0 Å². The Morgan fingerprint density at radius 2 is 2.36 bits per heavy atom. The maximum absolute atomic E-state index is 10.2. The number of rotatable bonds is 5. The van der Waals surface area contributed by atoms with Crippen molar-refractivity contribution in [3.8, 4) is 0 Å². The molecule has 1 rings (SSSR count). The van der Waals surface area contributed by atoms with Crippen LogP contribution in [0.3, 0.4) is 0 Å². The number of nitrogens with zero attached hydrogens (tertiary/aromatic N) is 2. The van der Waals surface area contributed by atoms with Crippen LogP contribution in [0.4, 0.5) is 0 Å². The zero-order valence-electron chi connectivity index (χ0n) is 8.77. The molecule has 4 nitrogen and oxygen atoms in total. The van der Waals surface area contributed by atoms with Crippen LogP contribution in [0.25, 0.3) is 0 Å². The van der Waals surface area contributed by atoms with Gasteiger partial charge in [0, 0.05) is 33.9 Å². The average Bonchev–Trinajstić information content (AvgIpc) is 2.50. The molecule has 0 aliphatic carbocycles. The second-order valence-electron chi connectivity index (χ2n) is 4.37. The Balaban J connectivity index is 2.45. The molecule has 0 spiro atoms. The molecule has 0 aromatic heterocycles. The van der Waals surface area contributed by atoms with Crippen molar-refractivity contribution >= 4 is 11.9 Å². The lowest BCUT2D eigenvalue weighted by molar-refractivity contribution is 0.152. The van der Waals surface area contributed by atoms with Gasteiger partial charge in [0.05, 0.1) is 6.61 Å². The standard InChI is InChI=1S/C9H18N2O2S/c1-9(2,14-10-13)7-11-5-3-4-8(11)6-12/h8,12H,3-7H2,1-2H3. The van der Waals surface area contributed by atoms with Crippen molar-refractivity contribution in [2.75, 3.05) is 19.7 Å². The lowest BCUT2D eigenvalue weighted by Crippen LogP contribution is -2.40. The fourth-order valence-electron chi connectivity index (χ4n) is 1.93. The molecule has 1 aliphatic rings. The Morgan fingerprint density at radius 3 is 2.93 bits per heavy atom. The highest BCUT2D eigenvalue weighted by atomic mass is 32.2. The van der Waals surface area contributed by atoms with Gasteiger partial charge in [-0.3, -0.25) is 4.90 Å². The van der Waals surface area contributed by atoms with Gasteiger partial charge in [-0.25, -0.2) is 0 Å². The van der Waals surface area contributed by atoms with E-state index in [0.29, 0.717) is 0 Å². The zero-order valence-corrected chi connectivity index (χ0v) is 9.59. The van der Waals surface area contributed by atoms with Crippen LogP contribution in [0, 0.1) is 4.91 Å². The van der Waals surface area contributed by atoms with E-state index in [4.69, 9.17) is 5.11 Å². The summed E-state index contributed by atoms with van der Waals surface area (Å²) < 4.78 is 2.72. The predicted octanol–water partition coefficient (Wildman–Crippen LogP) is 1.64. The average molecular weight is 218 g/mol. The minimum absolute atomic E-state index is 0.153. The molecule has 0 aromatic carbocycles. The van der Waals surface area contributed by atoms with Gasteiger partial charge < -0.3 is 5.11 Å². The van der Waals surface area contributed by atoms with Gasteiger partial charge >= 0.3 is 0 Å². The Morgan fingerprint density at radius 1 is 1.64 bits per heavy atom. The van der Waals surface area contributed by atoms with Gasteiger partial charge in [0.1, 0.15) is 0 Å². The number of hydrogen-bond donors (Lipinski definition) is 1. The van der Waals surface area contributed by atoms with Gasteiger partial charge in [-0.2, -0.15) is 0 Å². The fourth-order valence-corrected chi connectivity index (χ4v) is 2.35. The Kier molecular flexibility index (Phi) is 4.34. The lowest BCUT2D eigenvalue weighted by atomic mass is 10.1. The van der Waals surface area contributed by atoms with E-state index in [-0.39, 0.29) is 17.4 Å². The van der Waals surface area contributed by atoms with Crippen LogP contribution in [-0.4, -0.2) is 40.5 Å². The Labute approximate surface area is 89.2 Å². The molecule has 1 N–H and O–H groups in total. The van der Waals surface area contributed by atoms with Crippen molar-refractivity contribution in [1.29, 1.82) is 0 Å². The summed E-state index contributed by atoms with van der Waals surface area (Å²) in [5.74, 6) is 0. The quantitative estimate of drug-likeness (QED) is 0.563. The summed E-state index contributed by atoms with van der Waals surface area (Å²) in [6.07, 6.45) is 2.20. The van der Waals surface area contributed by atoms with Gasteiger partial charge in [-0.1, -0.05) is 0 Å². The van der Waals surface area contributed by atoms with Crippen molar-refractivity contribution in [1.82, 2.24) is 4.90 Å². The number of likely N-dealkylation sites (tertiary alicyclic amines) is 1. The van der Waals surface area contributed by atoms with Gasteiger partial charge in [-0.15, -0.1) is 4.91 Å². The first kappa shape index (κ1) is 11.9. The normalized spacial score (nSPS) is 24.1. The van der Waals surface area contributed by atoms with Crippen LogP contribution in [0.2, 0.25) is 0 Å². The molecule has 82 valence electrons. The highest BCUT2D eigenvalue weighted by Gasteiger charge is 2.30. The van der Waals surface area contributed by atoms with Crippen molar-refractivity contribution in [2.24, 2.45) is 4.58 Å². The molecule has 0 aromatic rings. The molecule has 1 heterocycles. The van der Waals surface area contributed by atoms with Crippen LogP contribution in [-0.2, 0) is 0 Å². The molecule has 1 unspecified atom stereocenters. The number of aliphatic hydroxyl groups is 1. The summed E-state index contributed by atoms with van der Waals surface area (Å²) in [6, 6.07) is 0.279. The molecule has 1 fully saturated rings. The minimum atomic E-state index is -0.153. The Hall–Kier alpha value is -0.130. The van der Waals surface area contributed by atoms with E-state index in [1.54, 1.807) is 0 Å². The summed E-state index contributed by atoms with van der Waals surface area (Å²) in [6.45, 7) is 6.07. The van der Waals surface area contributed by atoms with E-state index in [9.17, 15) is 4.91 Å². The molecule has 5 heteroatoms.